The van der Waals surface area contributed by atoms with Crippen LogP contribution in [0, 0.1) is 0 Å². The van der Waals surface area contributed by atoms with Crippen molar-refractivity contribution in [2.45, 2.75) is 83.6 Å². The van der Waals surface area contributed by atoms with Crippen LogP contribution >= 0.6 is 11.6 Å². The van der Waals surface area contributed by atoms with E-state index in [9.17, 15) is 18.4 Å². The Bertz CT molecular complexity index is 225. The average molecular weight is 505 g/mol. The summed E-state index contributed by atoms with van der Waals surface area (Å²) in [5, 5.41) is 4.78. The summed E-state index contributed by atoms with van der Waals surface area (Å²) in [6.45, 7) is 24.9. The molecule has 0 rings (SSSR count). The van der Waals surface area contributed by atoms with E-state index < -0.39 is 14.3 Å². The minimum Gasteiger partial charge on any atom is -0.359 e. The highest BCUT2D eigenvalue weighted by Gasteiger charge is 1.89. The Morgan fingerprint density at radius 1 is 0.844 bits per heavy atom. The molecule has 6 nitrogen and oxygen atoms in total. The second-order valence-corrected chi connectivity index (χ2v) is 3.93. The van der Waals surface area contributed by atoms with E-state index in [2.05, 4.69) is 53.6 Å². The van der Waals surface area contributed by atoms with E-state index in [1.165, 1.54) is 40.5 Å². The van der Waals surface area contributed by atoms with Gasteiger partial charge < -0.3 is 21.3 Å². The SMILES string of the molecule is C.CC.CC.CC.CC(=O)Cl.CCN(CC)CC.CN.CNC.CNC(C)=O.[2H]CF.[2H]CF. The molecule has 0 aromatic carbocycles. The van der Waals surface area contributed by atoms with E-state index in [4.69, 9.17) is 2.74 Å². The normalized spacial score (nSPS) is 6.62. The van der Waals surface area contributed by atoms with E-state index in [0.717, 1.165) is 0 Å². The van der Waals surface area contributed by atoms with Crippen molar-refractivity contribution in [1.82, 2.24) is 15.5 Å². The van der Waals surface area contributed by atoms with Crippen LogP contribution < -0.4 is 16.4 Å². The first-order valence-electron chi connectivity index (χ1n) is 11.9. The molecule has 0 spiro atoms. The maximum absolute atomic E-state index is 9.96. The molecular formula is C23H65ClF2N4O2. The first-order valence-corrected chi connectivity index (χ1v) is 10.9. The Hall–Kier alpha value is -0.830. The molecule has 0 radical (unpaired) electrons. The van der Waals surface area contributed by atoms with E-state index >= 15 is 0 Å². The Labute approximate surface area is 211 Å². The van der Waals surface area contributed by atoms with Gasteiger partial charge in [-0.3, -0.25) is 18.4 Å². The molecule has 0 bridgehead atoms. The molecule has 4 N–H and O–H groups in total. The van der Waals surface area contributed by atoms with Crippen LogP contribution in [0.25, 0.3) is 0 Å². The highest BCUT2D eigenvalue weighted by molar-refractivity contribution is 6.62. The number of nitrogens with zero attached hydrogens (tertiary/aromatic N) is 1. The predicted octanol–water partition coefficient (Wildman–Crippen LogP) is 6.17. The summed E-state index contributed by atoms with van der Waals surface area (Å²) in [6, 6.07) is 0. The molecule has 32 heavy (non-hydrogen) atoms. The highest BCUT2D eigenvalue weighted by Crippen LogP contribution is 1.81. The zero-order chi connectivity index (χ0) is 29.7. The molecular weight excluding hydrogens is 438 g/mol. The second-order valence-electron chi connectivity index (χ2n) is 3.40. The van der Waals surface area contributed by atoms with E-state index in [1.807, 2.05) is 55.6 Å². The highest BCUT2D eigenvalue weighted by atomic mass is 35.5. The van der Waals surface area contributed by atoms with Crippen molar-refractivity contribution < 1.29 is 21.1 Å². The van der Waals surface area contributed by atoms with Gasteiger partial charge in [0, 0.05) is 20.9 Å². The largest absolute Gasteiger partial charge is 0.359 e. The fraction of sp³-hybridized carbons (Fsp3) is 0.913. The van der Waals surface area contributed by atoms with E-state index in [0.29, 0.717) is 0 Å². The summed E-state index contributed by atoms with van der Waals surface area (Å²) in [6.07, 6.45) is 0. The average Bonchev–Trinajstić information content (AvgIpc) is 2.82. The van der Waals surface area contributed by atoms with Gasteiger partial charge in [-0.2, -0.15) is 0 Å². The minimum atomic E-state index is -1.00. The number of rotatable bonds is 3. The zero-order valence-corrected chi connectivity index (χ0v) is 24.3. The number of carbonyl (C=O) groups is 2. The first-order chi connectivity index (χ1) is 15.6. The van der Waals surface area contributed by atoms with Crippen LogP contribution in [-0.2, 0) is 9.59 Å². The first kappa shape index (κ1) is 57.7. The summed E-state index contributed by atoms with van der Waals surface area (Å²) in [7, 11) is 4.85. The molecule has 0 fully saturated rings. The molecule has 0 saturated carbocycles. The fourth-order valence-corrected chi connectivity index (χ4v) is 0.671. The number of carbonyl (C=O) groups excluding carboxylic acids is 2. The van der Waals surface area contributed by atoms with Gasteiger partial charge in [0.15, 0.2) is 0 Å². The number of halogens is 3. The molecule has 0 unspecified atom stereocenters. The maximum Gasteiger partial charge on any atom is 0.218 e. The summed E-state index contributed by atoms with van der Waals surface area (Å²) in [5.41, 5.74) is 4.50. The molecule has 0 aromatic rings. The third kappa shape index (κ3) is 450. The minimum absolute atomic E-state index is 0. The predicted molar refractivity (Wildman–Crippen MR) is 150 cm³/mol. The number of nitrogens with one attached hydrogen (secondary N) is 2. The van der Waals surface area contributed by atoms with Gasteiger partial charge in [-0.1, -0.05) is 69.7 Å². The van der Waals surface area contributed by atoms with Crippen molar-refractivity contribution in [1.29, 1.82) is 0 Å². The number of alkyl halides is 2. The molecule has 0 saturated heterocycles. The summed E-state index contributed by atoms with van der Waals surface area (Å²) in [5.74, 6) is 0.00463. The van der Waals surface area contributed by atoms with Gasteiger partial charge in [0.25, 0.3) is 0 Å². The lowest BCUT2D eigenvalue weighted by atomic mass is 10.5. The Morgan fingerprint density at radius 3 is 0.938 bits per heavy atom. The molecule has 0 aliphatic rings. The van der Waals surface area contributed by atoms with Crippen molar-refractivity contribution >= 4 is 22.8 Å². The zero-order valence-electron chi connectivity index (χ0n) is 25.5. The molecule has 0 aliphatic heterocycles. The van der Waals surface area contributed by atoms with Crippen LogP contribution in [0.15, 0.2) is 0 Å². The topological polar surface area (TPSA) is 87.5 Å². The van der Waals surface area contributed by atoms with Crippen LogP contribution in [0.5, 0.6) is 0 Å². The maximum atomic E-state index is 9.96. The molecule has 1 amide bonds. The van der Waals surface area contributed by atoms with Crippen molar-refractivity contribution in [3.05, 3.63) is 0 Å². The monoisotopic (exact) mass is 504 g/mol. The van der Waals surface area contributed by atoms with Crippen molar-refractivity contribution in [3.63, 3.8) is 0 Å². The lowest BCUT2D eigenvalue weighted by Gasteiger charge is -2.13. The van der Waals surface area contributed by atoms with Gasteiger partial charge in [0.1, 0.15) is 0 Å². The Balaban J connectivity index is -0.0000000199. The number of hydrogen-bond acceptors (Lipinski definition) is 5. The van der Waals surface area contributed by atoms with Gasteiger partial charge in [-0.25, -0.2) is 0 Å². The van der Waals surface area contributed by atoms with Gasteiger partial charge in [0.2, 0.25) is 11.1 Å². The summed E-state index contributed by atoms with van der Waals surface area (Å²) >= 11 is 4.64. The van der Waals surface area contributed by atoms with Crippen molar-refractivity contribution in [2.24, 2.45) is 5.73 Å². The van der Waals surface area contributed by atoms with Gasteiger partial charge in [-0.05, 0) is 52.4 Å². The van der Waals surface area contributed by atoms with Crippen LogP contribution in [0.2, 0.25) is 0 Å². The number of hydrogen-bond donors (Lipinski definition) is 3. The van der Waals surface area contributed by atoms with E-state index in [-0.39, 0.29) is 18.6 Å². The van der Waals surface area contributed by atoms with Crippen molar-refractivity contribution in [3.8, 4) is 0 Å². The molecule has 0 heterocycles. The van der Waals surface area contributed by atoms with Gasteiger partial charge in [-0.15, -0.1) is 0 Å². The molecule has 210 valence electrons. The van der Waals surface area contributed by atoms with Crippen LogP contribution in [0.1, 0.15) is 86.3 Å². The van der Waals surface area contributed by atoms with Gasteiger partial charge in [0.05, 0.1) is 17.0 Å². The third-order valence-electron chi connectivity index (χ3n) is 1.69. The fourth-order valence-electron chi connectivity index (χ4n) is 0.671. The Kier molecular flexibility index (Phi) is 267. The Morgan fingerprint density at radius 2 is 0.938 bits per heavy atom. The lowest BCUT2D eigenvalue weighted by molar-refractivity contribution is -0.118. The molecule has 0 aliphatic carbocycles. The number of amides is 1. The summed E-state index contributed by atoms with van der Waals surface area (Å²) in [4.78, 5) is 21.3. The molecule has 9 heteroatoms. The van der Waals surface area contributed by atoms with Crippen molar-refractivity contribution in [2.75, 3.05) is 62.1 Å². The standard InChI is InChI=1S/C6H15N.C3H7NO.C2H3ClO.C2H7N.3C2H6.2CH3F.CH5N.CH4/c1-4-7(5-2)6-3;1-3(5)4-2;1-2(3)4;1-3-2;6*1-2;/h4-6H2,1-3H3;1-2H3,(H,4,5);1H3;3H,1-2H3;3*1-2H3;2*1H3;2H2,1H3;1H4/i;;;;;;;2*1D;;. The van der Waals surface area contributed by atoms with Gasteiger partial charge >= 0.3 is 0 Å². The number of nitrogens with two attached hydrogens (primary N) is 1. The second kappa shape index (κ2) is 148. The van der Waals surface area contributed by atoms with Crippen LogP contribution in [0.3, 0.4) is 0 Å². The molecule has 0 atom stereocenters. The van der Waals surface area contributed by atoms with Crippen LogP contribution in [-0.4, -0.2) is 78.2 Å². The lowest BCUT2D eigenvalue weighted by Crippen LogP contribution is -2.21. The smallest absolute Gasteiger partial charge is 0.218 e. The van der Waals surface area contributed by atoms with Crippen LogP contribution in [0.4, 0.5) is 8.78 Å². The quantitative estimate of drug-likeness (QED) is 0.400. The van der Waals surface area contributed by atoms with E-state index in [1.54, 1.807) is 7.05 Å². The summed E-state index contributed by atoms with van der Waals surface area (Å²) < 4.78 is 31.0. The third-order valence-corrected chi connectivity index (χ3v) is 1.69. The molecule has 0 aromatic heterocycles.